The van der Waals surface area contributed by atoms with Gasteiger partial charge in [0, 0.05) is 12.1 Å². The van der Waals surface area contributed by atoms with Gasteiger partial charge >= 0.3 is 0 Å². The molecule has 3 rings (SSSR count). The summed E-state index contributed by atoms with van der Waals surface area (Å²) in [4.78, 5) is 14.6. The van der Waals surface area contributed by atoms with Gasteiger partial charge in [-0.3, -0.25) is 9.69 Å². The number of hydrogen-bond donors (Lipinski definition) is 0. The van der Waals surface area contributed by atoms with Gasteiger partial charge in [-0.15, -0.1) is 0 Å². The van der Waals surface area contributed by atoms with Crippen molar-refractivity contribution in [3.63, 3.8) is 0 Å². The lowest BCUT2D eigenvalue weighted by molar-refractivity contribution is -0.121. The molecular weight excluding hydrogens is 409 g/mol. The van der Waals surface area contributed by atoms with Crippen LogP contribution in [0.4, 0.5) is 0 Å². The molecule has 2 aromatic carbocycles. The molecule has 0 aromatic heterocycles. The van der Waals surface area contributed by atoms with Crippen LogP contribution in [0.15, 0.2) is 47.4 Å². The smallest absolute Gasteiger partial charge is 0.266 e. The average Bonchev–Trinajstić information content (AvgIpc) is 2.90. The summed E-state index contributed by atoms with van der Waals surface area (Å²) in [6.07, 6.45) is 1.82. The molecule has 1 fully saturated rings. The van der Waals surface area contributed by atoms with E-state index < -0.39 is 0 Å². The molecule has 1 saturated heterocycles. The van der Waals surface area contributed by atoms with E-state index in [1.165, 1.54) is 11.8 Å². The number of halogens is 2. The van der Waals surface area contributed by atoms with Gasteiger partial charge in [0.1, 0.15) is 16.7 Å². The van der Waals surface area contributed by atoms with Crippen LogP contribution in [-0.2, 0) is 11.4 Å². The van der Waals surface area contributed by atoms with Gasteiger partial charge in [-0.05, 0) is 36.8 Å². The Bertz CT molecular complexity index is 899. The van der Waals surface area contributed by atoms with Crippen LogP contribution in [0.3, 0.4) is 0 Å². The highest BCUT2D eigenvalue weighted by Crippen LogP contribution is 2.34. The van der Waals surface area contributed by atoms with Crippen molar-refractivity contribution in [2.45, 2.75) is 13.5 Å². The Morgan fingerprint density at radius 1 is 1.19 bits per heavy atom. The molecule has 0 spiro atoms. The van der Waals surface area contributed by atoms with Crippen molar-refractivity contribution in [1.82, 2.24) is 4.90 Å². The lowest BCUT2D eigenvalue weighted by Crippen LogP contribution is -2.27. The maximum Gasteiger partial charge on any atom is 0.266 e. The third kappa shape index (κ3) is 4.23. The first kappa shape index (κ1) is 19.2. The first-order valence-electron chi connectivity index (χ1n) is 7.90. The lowest BCUT2D eigenvalue weighted by Gasteiger charge is -2.11. The van der Waals surface area contributed by atoms with Crippen LogP contribution in [0.25, 0.3) is 6.08 Å². The van der Waals surface area contributed by atoms with Gasteiger partial charge in [0.25, 0.3) is 5.91 Å². The third-order valence-corrected chi connectivity index (χ3v) is 5.89. The number of carbonyl (C=O) groups is 1. The second-order valence-electron chi connectivity index (χ2n) is 5.50. The van der Waals surface area contributed by atoms with Gasteiger partial charge in [-0.25, -0.2) is 0 Å². The molecule has 0 atom stereocenters. The Morgan fingerprint density at radius 2 is 1.96 bits per heavy atom. The number of thiocarbonyl (C=S) groups is 1. The normalized spacial score (nSPS) is 15.8. The monoisotopic (exact) mass is 423 g/mol. The van der Waals surface area contributed by atoms with Crippen LogP contribution in [0.5, 0.6) is 5.75 Å². The highest BCUT2D eigenvalue weighted by atomic mass is 35.5. The highest BCUT2D eigenvalue weighted by Gasteiger charge is 2.30. The van der Waals surface area contributed by atoms with E-state index in [0.29, 0.717) is 38.2 Å². The van der Waals surface area contributed by atoms with Gasteiger partial charge in [-0.1, -0.05) is 71.4 Å². The number of rotatable bonds is 5. The predicted molar refractivity (Wildman–Crippen MR) is 113 cm³/mol. The molecule has 1 heterocycles. The number of para-hydroxylation sites is 1. The fourth-order valence-corrected chi connectivity index (χ4v) is 4.13. The van der Waals surface area contributed by atoms with Crippen molar-refractivity contribution in [1.29, 1.82) is 0 Å². The Balaban J connectivity index is 1.80. The molecule has 0 aliphatic carbocycles. The molecule has 7 heteroatoms. The van der Waals surface area contributed by atoms with Gasteiger partial charge in [0.2, 0.25) is 0 Å². The standard InChI is InChI=1S/C19H15Cl2NO2S2/c1-2-22-18(23)17(26-19(22)25)10-13-5-3-4-6-16(13)24-11-12-7-8-14(20)15(21)9-12/h3-10H,2,11H2,1H3. The van der Waals surface area contributed by atoms with E-state index in [2.05, 4.69) is 0 Å². The predicted octanol–water partition coefficient (Wildman–Crippen LogP) is 5.79. The number of hydrogen-bond acceptors (Lipinski definition) is 4. The minimum Gasteiger partial charge on any atom is -0.488 e. The first-order chi connectivity index (χ1) is 12.5. The van der Waals surface area contributed by atoms with Crippen LogP contribution < -0.4 is 4.74 Å². The summed E-state index contributed by atoms with van der Waals surface area (Å²) < 4.78 is 6.51. The fraction of sp³-hybridized carbons (Fsp3) is 0.158. The third-order valence-electron chi connectivity index (χ3n) is 3.77. The molecule has 0 bridgehead atoms. The van der Waals surface area contributed by atoms with E-state index in [0.717, 1.165) is 11.1 Å². The van der Waals surface area contributed by atoms with Crippen molar-refractivity contribution in [3.8, 4) is 5.75 Å². The number of carbonyl (C=O) groups excluding carboxylic acids is 1. The van der Waals surface area contributed by atoms with Gasteiger partial charge in [-0.2, -0.15) is 0 Å². The van der Waals surface area contributed by atoms with Crippen molar-refractivity contribution < 1.29 is 9.53 Å². The lowest BCUT2D eigenvalue weighted by atomic mass is 10.1. The minimum atomic E-state index is -0.0678. The molecule has 3 nitrogen and oxygen atoms in total. The number of likely N-dealkylation sites (N-methyl/N-ethyl adjacent to an activating group) is 1. The van der Waals surface area contributed by atoms with Crippen molar-refractivity contribution in [3.05, 3.63) is 68.5 Å². The first-order valence-corrected chi connectivity index (χ1v) is 9.88. The molecule has 0 N–H and O–H groups in total. The van der Waals surface area contributed by atoms with E-state index in [1.807, 2.05) is 43.3 Å². The zero-order valence-electron chi connectivity index (χ0n) is 13.9. The summed E-state index contributed by atoms with van der Waals surface area (Å²) in [6, 6.07) is 12.9. The van der Waals surface area contributed by atoms with E-state index in [-0.39, 0.29) is 5.91 Å². The Hall–Kier alpha value is -1.53. The van der Waals surface area contributed by atoms with Gasteiger partial charge < -0.3 is 4.74 Å². The van der Waals surface area contributed by atoms with Crippen molar-refractivity contribution in [2.75, 3.05) is 6.54 Å². The van der Waals surface area contributed by atoms with Gasteiger partial charge in [0.15, 0.2) is 0 Å². The fourth-order valence-electron chi connectivity index (χ4n) is 2.44. The number of ether oxygens (including phenoxy) is 1. The number of thioether (sulfide) groups is 1. The highest BCUT2D eigenvalue weighted by molar-refractivity contribution is 8.26. The summed E-state index contributed by atoms with van der Waals surface area (Å²) in [5.41, 5.74) is 1.73. The van der Waals surface area contributed by atoms with Crippen LogP contribution in [0, 0.1) is 0 Å². The number of nitrogens with zero attached hydrogens (tertiary/aromatic N) is 1. The average molecular weight is 424 g/mol. The Kier molecular flexibility index (Phi) is 6.24. The molecule has 0 radical (unpaired) electrons. The van der Waals surface area contributed by atoms with Crippen molar-refractivity contribution >= 4 is 63.5 Å². The molecule has 1 aliphatic heterocycles. The van der Waals surface area contributed by atoms with Crippen LogP contribution in [0.1, 0.15) is 18.1 Å². The summed E-state index contributed by atoms with van der Waals surface area (Å²) in [5.74, 6) is 0.613. The SMILES string of the molecule is CCN1C(=O)C(=Cc2ccccc2OCc2ccc(Cl)c(Cl)c2)SC1=S. The Labute approximate surface area is 171 Å². The molecule has 26 heavy (non-hydrogen) atoms. The quantitative estimate of drug-likeness (QED) is 0.449. The summed E-state index contributed by atoms with van der Waals surface area (Å²) in [6.45, 7) is 2.82. The molecule has 0 saturated carbocycles. The van der Waals surface area contributed by atoms with E-state index in [1.54, 1.807) is 17.0 Å². The van der Waals surface area contributed by atoms with Crippen LogP contribution >= 0.6 is 47.2 Å². The zero-order valence-corrected chi connectivity index (χ0v) is 17.0. The molecule has 1 aliphatic rings. The second kappa shape index (κ2) is 8.44. The number of benzene rings is 2. The largest absolute Gasteiger partial charge is 0.488 e. The van der Waals surface area contributed by atoms with E-state index in [9.17, 15) is 4.79 Å². The molecule has 2 aromatic rings. The molecule has 1 amide bonds. The topological polar surface area (TPSA) is 29.5 Å². The Morgan fingerprint density at radius 3 is 2.65 bits per heavy atom. The molecule has 134 valence electrons. The zero-order chi connectivity index (χ0) is 18.7. The molecule has 0 unspecified atom stereocenters. The molecular formula is C19H15Cl2NO2S2. The van der Waals surface area contributed by atoms with Gasteiger partial charge in [0.05, 0.1) is 15.0 Å². The maximum atomic E-state index is 12.4. The number of amides is 1. The summed E-state index contributed by atoms with van der Waals surface area (Å²) in [7, 11) is 0. The van der Waals surface area contributed by atoms with Crippen LogP contribution in [-0.4, -0.2) is 21.7 Å². The van der Waals surface area contributed by atoms with Crippen molar-refractivity contribution in [2.24, 2.45) is 0 Å². The summed E-state index contributed by atoms with van der Waals surface area (Å²) in [5, 5.41) is 0.998. The summed E-state index contributed by atoms with van der Waals surface area (Å²) >= 11 is 18.5. The van der Waals surface area contributed by atoms with Crippen LogP contribution in [0.2, 0.25) is 10.0 Å². The van der Waals surface area contributed by atoms with E-state index in [4.69, 9.17) is 40.2 Å². The second-order valence-corrected chi connectivity index (χ2v) is 7.99. The maximum absolute atomic E-state index is 12.4. The van der Waals surface area contributed by atoms with E-state index >= 15 is 0 Å². The minimum absolute atomic E-state index is 0.0678.